The van der Waals surface area contributed by atoms with E-state index in [1.807, 2.05) is 31.2 Å². The van der Waals surface area contributed by atoms with Crippen molar-refractivity contribution in [2.75, 3.05) is 6.54 Å². The van der Waals surface area contributed by atoms with Gasteiger partial charge in [0.1, 0.15) is 0 Å². The van der Waals surface area contributed by atoms with Crippen LogP contribution in [0.1, 0.15) is 61.9 Å². The van der Waals surface area contributed by atoms with Crippen LogP contribution >= 0.6 is 0 Å². The average molecular weight is 314 g/mol. The summed E-state index contributed by atoms with van der Waals surface area (Å²) < 4.78 is 0. The minimum Gasteiger partial charge on any atom is -0.349 e. The van der Waals surface area contributed by atoms with Crippen LogP contribution in [-0.4, -0.2) is 35.5 Å². The molecule has 2 bridgehead atoms. The first-order valence-corrected chi connectivity index (χ1v) is 9.16. The SMILES string of the molecule is Cc1cccc(C(=O)NC2CC3CCCC(C2)N3CC(C)C)c1. The zero-order chi connectivity index (χ0) is 16.4. The average Bonchev–Trinajstić information content (AvgIpc) is 2.47. The normalized spacial score (nSPS) is 27.9. The molecule has 3 nitrogen and oxygen atoms in total. The number of fused-ring (bicyclic) bond motifs is 2. The van der Waals surface area contributed by atoms with Crippen molar-refractivity contribution in [2.45, 2.75) is 71.0 Å². The van der Waals surface area contributed by atoms with Crippen LogP contribution < -0.4 is 5.32 Å². The number of nitrogens with one attached hydrogen (secondary N) is 1. The van der Waals surface area contributed by atoms with E-state index in [0.29, 0.717) is 18.1 Å². The van der Waals surface area contributed by atoms with Crippen LogP contribution in [-0.2, 0) is 0 Å². The van der Waals surface area contributed by atoms with Crippen LogP contribution in [0.3, 0.4) is 0 Å². The van der Waals surface area contributed by atoms with Crippen molar-refractivity contribution in [3.63, 3.8) is 0 Å². The number of benzene rings is 1. The molecule has 2 aliphatic rings. The molecular formula is C20H30N2O. The molecule has 2 aliphatic heterocycles. The third kappa shape index (κ3) is 3.95. The van der Waals surface area contributed by atoms with Crippen molar-refractivity contribution in [1.29, 1.82) is 0 Å². The predicted octanol–water partition coefficient (Wildman–Crippen LogP) is 3.77. The van der Waals surface area contributed by atoms with Crippen LogP contribution in [0, 0.1) is 12.8 Å². The molecule has 3 rings (SSSR count). The van der Waals surface area contributed by atoms with Gasteiger partial charge < -0.3 is 5.32 Å². The van der Waals surface area contributed by atoms with Crippen LogP contribution in [0.2, 0.25) is 0 Å². The number of aryl methyl sites for hydroxylation is 1. The maximum atomic E-state index is 12.5. The smallest absolute Gasteiger partial charge is 0.251 e. The van der Waals surface area contributed by atoms with Gasteiger partial charge in [0.25, 0.3) is 5.91 Å². The highest BCUT2D eigenvalue weighted by Gasteiger charge is 2.38. The van der Waals surface area contributed by atoms with Gasteiger partial charge in [-0.2, -0.15) is 0 Å². The van der Waals surface area contributed by atoms with Gasteiger partial charge >= 0.3 is 0 Å². The summed E-state index contributed by atoms with van der Waals surface area (Å²) in [5.74, 6) is 0.811. The van der Waals surface area contributed by atoms with E-state index in [9.17, 15) is 4.79 Å². The van der Waals surface area contributed by atoms with Crippen molar-refractivity contribution in [3.05, 3.63) is 35.4 Å². The summed E-state index contributed by atoms with van der Waals surface area (Å²) in [5, 5.41) is 3.30. The van der Waals surface area contributed by atoms with E-state index < -0.39 is 0 Å². The molecule has 0 spiro atoms. The molecule has 2 fully saturated rings. The third-order valence-corrected chi connectivity index (χ3v) is 5.32. The highest BCUT2D eigenvalue weighted by Crippen LogP contribution is 2.34. The number of carbonyl (C=O) groups is 1. The lowest BCUT2D eigenvalue weighted by atomic mass is 9.81. The highest BCUT2D eigenvalue weighted by atomic mass is 16.1. The topological polar surface area (TPSA) is 32.3 Å². The molecule has 0 aliphatic carbocycles. The minimum absolute atomic E-state index is 0.0917. The van der Waals surface area contributed by atoms with E-state index in [1.54, 1.807) is 0 Å². The number of carbonyl (C=O) groups excluding carboxylic acids is 1. The Bertz CT molecular complexity index is 540. The zero-order valence-corrected chi connectivity index (χ0v) is 14.7. The summed E-state index contributed by atoms with van der Waals surface area (Å²) in [7, 11) is 0. The Morgan fingerprint density at radius 3 is 2.57 bits per heavy atom. The number of hydrogen-bond acceptors (Lipinski definition) is 2. The van der Waals surface area contributed by atoms with E-state index in [-0.39, 0.29) is 5.91 Å². The second-order valence-electron chi connectivity index (χ2n) is 7.84. The summed E-state index contributed by atoms with van der Waals surface area (Å²) in [6.45, 7) is 7.85. The maximum Gasteiger partial charge on any atom is 0.251 e. The summed E-state index contributed by atoms with van der Waals surface area (Å²) >= 11 is 0. The zero-order valence-electron chi connectivity index (χ0n) is 14.7. The second kappa shape index (κ2) is 7.04. The molecule has 2 heterocycles. The van der Waals surface area contributed by atoms with Gasteiger partial charge in [0, 0.05) is 30.2 Å². The maximum absolute atomic E-state index is 12.5. The van der Waals surface area contributed by atoms with Crippen molar-refractivity contribution in [2.24, 2.45) is 5.92 Å². The third-order valence-electron chi connectivity index (χ3n) is 5.32. The van der Waals surface area contributed by atoms with E-state index >= 15 is 0 Å². The van der Waals surface area contributed by atoms with Crippen molar-refractivity contribution >= 4 is 5.91 Å². The Morgan fingerprint density at radius 1 is 1.26 bits per heavy atom. The van der Waals surface area contributed by atoms with Gasteiger partial charge in [0.05, 0.1) is 0 Å². The molecule has 2 unspecified atom stereocenters. The van der Waals surface area contributed by atoms with Gasteiger partial charge in [-0.15, -0.1) is 0 Å². The molecule has 0 saturated carbocycles. The van der Waals surface area contributed by atoms with Gasteiger partial charge in [0.15, 0.2) is 0 Å². The number of piperidine rings is 2. The van der Waals surface area contributed by atoms with Crippen LogP contribution in [0.15, 0.2) is 24.3 Å². The lowest BCUT2D eigenvalue weighted by Gasteiger charge is -2.49. The summed E-state index contributed by atoms with van der Waals surface area (Å²) in [6.07, 6.45) is 6.16. The monoisotopic (exact) mass is 314 g/mol. The van der Waals surface area contributed by atoms with E-state index in [1.165, 1.54) is 25.8 Å². The molecule has 2 saturated heterocycles. The summed E-state index contributed by atoms with van der Waals surface area (Å²) in [4.78, 5) is 15.2. The van der Waals surface area contributed by atoms with Crippen LogP contribution in [0.25, 0.3) is 0 Å². The molecule has 0 radical (unpaired) electrons. The second-order valence-corrected chi connectivity index (χ2v) is 7.84. The van der Waals surface area contributed by atoms with Gasteiger partial charge in [-0.25, -0.2) is 0 Å². The summed E-state index contributed by atoms with van der Waals surface area (Å²) in [5.41, 5.74) is 1.93. The Labute approximate surface area is 140 Å². The Balaban J connectivity index is 1.63. The molecule has 23 heavy (non-hydrogen) atoms. The Hall–Kier alpha value is -1.35. The van der Waals surface area contributed by atoms with Gasteiger partial charge in [-0.05, 0) is 50.7 Å². The molecular weight excluding hydrogens is 284 g/mol. The lowest BCUT2D eigenvalue weighted by Crippen LogP contribution is -2.57. The number of hydrogen-bond donors (Lipinski definition) is 1. The quantitative estimate of drug-likeness (QED) is 0.917. The lowest BCUT2D eigenvalue weighted by molar-refractivity contribution is 0.0158. The molecule has 1 N–H and O–H groups in total. The molecule has 1 aromatic carbocycles. The van der Waals surface area contributed by atoms with E-state index in [4.69, 9.17) is 0 Å². The largest absolute Gasteiger partial charge is 0.349 e. The highest BCUT2D eigenvalue weighted by molar-refractivity contribution is 5.94. The first-order chi connectivity index (χ1) is 11.0. The Kier molecular flexibility index (Phi) is 5.05. The molecule has 3 heteroatoms. The number of rotatable bonds is 4. The minimum atomic E-state index is 0.0917. The standard InChI is InChI=1S/C20H30N2O/c1-14(2)13-22-18-8-5-9-19(22)12-17(11-18)21-20(23)16-7-4-6-15(3)10-16/h4,6-7,10,14,17-19H,5,8-9,11-13H2,1-3H3,(H,21,23). The molecule has 126 valence electrons. The molecule has 1 amide bonds. The first kappa shape index (κ1) is 16.5. The Morgan fingerprint density at radius 2 is 1.96 bits per heavy atom. The molecule has 0 aromatic heterocycles. The predicted molar refractivity (Wildman–Crippen MR) is 94.6 cm³/mol. The number of nitrogens with zero attached hydrogens (tertiary/aromatic N) is 1. The van der Waals surface area contributed by atoms with Gasteiger partial charge in [0.2, 0.25) is 0 Å². The van der Waals surface area contributed by atoms with Gasteiger partial charge in [-0.3, -0.25) is 9.69 Å². The first-order valence-electron chi connectivity index (χ1n) is 9.16. The summed E-state index contributed by atoms with van der Waals surface area (Å²) in [6, 6.07) is 9.54. The van der Waals surface area contributed by atoms with E-state index in [2.05, 4.69) is 24.1 Å². The fourth-order valence-corrected chi connectivity index (χ4v) is 4.37. The van der Waals surface area contributed by atoms with Gasteiger partial charge in [-0.1, -0.05) is 38.0 Å². The van der Waals surface area contributed by atoms with Crippen LogP contribution in [0.5, 0.6) is 0 Å². The molecule has 1 aromatic rings. The fraction of sp³-hybridized carbons (Fsp3) is 0.650. The van der Waals surface area contributed by atoms with Crippen LogP contribution in [0.4, 0.5) is 0 Å². The van der Waals surface area contributed by atoms with E-state index in [0.717, 1.165) is 29.9 Å². The molecule has 2 atom stereocenters. The van der Waals surface area contributed by atoms with Crippen molar-refractivity contribution < 1.29 is 4.79 Å². The fourth-order valence-electron chi connectivity index (χ4n) is 4.37. The van der Waals surface area contributed by atoms with Crippen molar-refractivity contribution in [3.8, 4) is 0 Å². The number of amides is 1. The van der Waals surface area contributed by atoms with Crippen molar-refractivity contribution in [1.82, 2.24) is 10.2 Å².